The fourth-order valence-corrected chi connectivity index (χ4v) is 4.37. The van der Waals surface area contributed by atoms with Crippen molar-refractivity contribution in [2.75, 3.05) is 13.7 Å². The Morgan fingerprint density at radius 3 is 2.26 bits per heavy atom. The Labute approximate surface area is 222 Å². The lowest BCUT2D eigenvalue weighted by atomic mass is 9.96. The van der Waals surface area contributed by atoms with Crippen LogP contribution in [-0.4, -0.2) is 24.7 Å². The van der Waals surface area contributed by atoms with Gasteiger partial charge >= 0.3 is 5.97 Å². The van der Waals surface area contributed by atoms with E-state index in [-0.39, 0.29) is 5.97 Å². The van der Waals surface area contributed by atoms with Crippen molar-refractivity contribution < 1.29 is 19.0 Å². The number of aromatic nitrogens is 1. The average Bonchev–Trinajstić information content (AvgIpc) is 2.97. The van der Waals surface area contributed by atoms with Gasteiger partial charge in [-0.15, -0.1) is 0 Å². The second-order valence-electron chi connectivity index (χ2n) is 9.12. The van der Waals surface area contributed by atoms with Crippen molar-refractivity contribution >= 4 is 16.7 Å². The van der Waals surface area contributed by atoms with Gasteiger partial charge in [-0.2, -0.15) is 0 Å². The Bertz CT molecular complexity index is 1540. The Hall–Kier alpha value is -4.64. The van der Waals surface area contributed by atoms with Crippen LogP contribution >= 0.6 is 0 Å². The van der Waals surface area contributed by atoms with Gasteiger partial charge < -0.3 is 14.2 Å². The van der Waals surface area contributed by atoms with Crippen LogP contribution in [0.4, 0.5) is 0 Å². The number of rotatable bonds is 9. The van der Waals surface area contributed by atoms with E-state index in [0.717, 1.165) is 39.6 Å². The van der Waals surface area contributed by atoms with Crippen molar-refractivity contribution in [1.29, 1.82) is 0 Å². The van der Waals surface area contributed by atoms with Gasteiger partial charge in [0.15, 0.2) is 0 Å². The van der Waals surface area contributed by atoms with Gasteiger partial charge in [-0.25, -0.2) is 4.79 Å². The van der Waals surface area contributed by atoms with E-state index >= 15 is 0 Å². The van der Waals surface area contributed by atoms with Crippen LogP contribution in [0.15, 0.2) is 103 Å². The number of ether oxygens (including phenoxy) is 3. The van der Waals surface area contributed by atoms with E-state index in [1.165, 1.54) is 18.2 Å². The molecule has 0 radical (unpaired) electrons. The molecule has 5 nitrogen and oxygen atoms in total. The smallest absolute Gasteiger partial charge is 0.338 e. The van der Waals surface area contributed by atoms with Gasteiger partial charge in [0.2, 0.25) is 0 Å². The van der Waals surface area contributed by atoms with Gasteiger partial charge in [-0.3, -0.25) is 4.98 Å². The number of aryl methyl sites for hydroxylation is 1. The first-order valence-corrected chi connectivity index (χ1v) is 12.6. The molecule has 1 heterocycles. The molecule has 1 aromatic heterocycles. The molecule has 5 heteroatoms. The molecule has 0 atom stereocenters. The zero-order chi connectivity index (χ0) is 26.3. The van der Waals surface area contributed by atoms with Crippen molar-refractivity contribution in [3.05, 3.63) is 126 Å². The SMILES string of the molecule is COC(=O)c1ccc(-c2cncc(OCc3ccc(OCCc4ccc(C)cc4)cc3)c2)c2ccccc12. The molecule has 0 aliphatic carbocycles. The minimum atomic E-state index is -0.356. The first-order valence-electron chi connectivity index (χ1n) is 12.6. The topological polar surface area (TPSA) is 57.7 Å². The molecule has 0 saturated heterocycles. The maximum absolute atomic E-state index is 12.2. The Morgan fingerprint density at radius 1 is 0.763 bits per heavy atom. The van der Waals surface area contributed by atoms with Crippen LogP contribution in [-0.2, 0) is 17.8 Å². The summed E-state index contributed by atoms with van der Waals surface area (Å²) in [5.74, 6) is 1.15. The normalized spacial score (nSPS) is 10.8. The molecular weight excluding hydrogens is 474 g/mol. The van der Waals surface area contributed by atoms with E-state index in [0.29, 0.717) is 24.5 Å². The number of fused-ring (bicyclic) bond motifs is 1. The molecular formula is C33H29NO4. The van der Waals surface area contributed by atoms with Crippen LogP contribution in [0.3, 0.4) is 0 Å². The lowest BCUT2D eigenvalue weighted by Crippen LogP contribution is -2.02. The summed E-state index contributed by atoms with van der Waals surface area (Å²) < 4.78 is 16.9. The van der Waals surface area contributed by atoms with Gasteiger partial charge in [0.1, 0.15) is 18.1 Å². The second-order valence-corrected chi connectivity index (χ2v) is 9.12. The molecule has 4 aromatic carbocycles. The van der Waals surface area contributed by atoms with Crippen LogP contribution in [0, 0.1) is 6.92 Å². The van der Waals surface area contributed by atoms with Crippen molar-refractivity contribution in [2.45, 2.75) is 20.0 Å². The summed E-state index contributed by atoms with van der Waals surface area (Å²) in [6.45, 7) is 3.14. The van der Waals surface area contributed by atoms with Crippen LogP contribution in [0.1, 0.15) is 27.0 Å². The number of esters is 1. The molecule has 5 aromatic rings. The fraction of sp³-hybridized carbons (Fsp3) is 0.152. The highest BCUT2D eigenvalue weighted by molar-refractivity contribution is 6.09. The first-order chi connectivity index (χ1) is 18.6. The van der Waals surface area contributed by atoms with Crippen LogP contribution in [0.5, 0.6) is 11.5 Å². The van der Waals surface area contributed by atoms with Crippen LogP contribution < -0.4 is 9.47 Å². The number of pyridine rings is 1. The lowest BCUT2D eigenvalue weighted by Gasteiger charge is -2.12. The van der Waals surface area contributed by atoms with E-state index in [2.05, 4.69) is 36.2 Å². The number of carbonyl (C=O) groups excluding carboxylic acids is 1. The lowest BCUT2D eigenvalue weighted by molar-refractivity contribution is 0.0603. The molecule has 0 amide bonds. The number of nitrogens with zero attached hydrogens (tertiary/aromatic N) is 1. The first kappa shape index (κ1) is 25.0. The molecule has 0 fully saturated rings. The van der Waals surface area contributed by atoms with Crippen LogP contribution in [0.25, 0.3) is 21.9 Å². The third-order valence-electron chi connectivity index (χ3n) is 6.46. The molecule has 0 bridgehead atoms. The molecule has 38 heavy (non-hydrogen) atoms. The van der Waals surface area contributed by atoms with E-state index in [4.69, 9.17) is 14.2 Å². The number of carbonyl (C=O) groups is 1. The van der Waals surface area contributed by atoms with Gasteiger partial charge in [0, 0.05) is 18.2 Å². The zero-order valence-corrected chi connectivity index (χ0v) is 21.5. The minimum absolute atomic E-state index is 0.356. The summed E-state index contributed by atoms with van der Waals surface area (Å²) in [5.41, 5.74) is 5.98. The van der Waals surface area contributed by atoms with Gasteiger partial charge in [0.05, 0.1) is 25.5 Å². The van der Waals surface area contributed by atoms with E-state index in [1.54, 1.807) is 18.5 Å². The molecule has 190 valence electrons. The molecule has 5 rings (SSSR count). The predicted molar refractivity (Wildman–Crippen MR) is 150 cm³/mol. The summed E-state index contributed by atoms with van der Waals surface area (Å²) in [6, 6.07) is 30.0. The monoisotopic (exact) mass is 503 g/mol. The van der Waals surface area contributed by atoms with E-state index < -0.39 is 0 Å². The standard InChI is InChI=1S/C33H29NO4/c1-23-7-9-24(10-8-23)17-18-37-27-13-11-25(12-14-27)22-38-28-19-26(20-34-21-28)29-15-16-32(33(35)36-2)31-6-4-3-5-30(29)31/h3-16,19-21H,17-18,22H2,1-2H3. The number of hydrogen-bond donors (Lipinski definition) is 0. The minimum Gasteiger partial charge on any atom is -0.493 e. The fourth-order valence-electron chi connectivity index (χ4n) is 4.37. The Kier molecular flexibility index (Phi) is 7.65. The average molecular weight is 504 g/mol. The maximum atomic E-state index is 12.2. The second kappa shape index (κ2) is 11.6. The molecule has 0 spiro atoms. The van der Waals surface area contributed by atoms with Crippen molar-refractivity contribution in [3.63, 3.8) is 0 Å². The summed E-state index contributed by atoms with van der Waals surface area (Å²) in [7, 11) is 1.39. The summed E-state index contributed by atoms with van der Waals surface area (Å²) in [5, 5.41) is 1.79. The third-order valence-corrected chi connectivity index (χ3v) is 6.46. The Morgan fingerprint density at radius 2 is 1.50 bits per heavy atom. The summed E-state index contributed by atoms with van der Waals surface area (Å²) in [4.78, 5) is 16.6. The van der Waals surface area contributed by atoms with Gasteiger partial charge in [-0.1, -0.05) is 72.3 Å². The third kappa shape index (κ3) is 5.84. The summed E-state index contributed by atoms with van der Waals surface area (Å²) >= 11 is 0. The Balaban J connectivity index is 1.23. The van der Waals surface area contributed by atoms with Gasteiger partial charge in [0.25, 0.3) is 0 Å². The number of hydrogen-bond acceptors (Lipinski definition) is 5. The van der Waals surface area contributed by atoms with Gasteiger partial charge in [-0.05, 0) is 58.7 Å². The highest BCUT2D eigenvalue weighted by Crippen LogP contribution is 2.32. The number of benzene rings is 4. The molecule has 0 saturated carbocycles. The van der Waals surface area contributed by atoms with Crippen molar-refractivity contribution in [2.24, 2.45) is 0 Å². The molecule has 0 unspecified atom stereocenters. The highest BCUT2D eigenvalue weighted by Gasteiger charge is 2.14. The van der Waals surface area contributed by atoms with Crippen molar-refractivity contribution in [1.82, 2.24) is 4.98 Å². The molecule has 0 aliphatic heterocycles. The molecule has 0 aliphatic rings. The van der Waals surface area contributed by atoms with E-state index in [1.807, 2.05) is 60.7 Å². The molecule has 0 N–H and O–H groups in total. The quantitative estimate of drug-likeness (QED) is 0.199. The highest BCUT2D eigenvalue weighted by atomic mass is 16.5. The van der Waals surface area contributed by atoms with Crippen molar-refractivity contribution in [3.8, 4) is 22.6 Å². The largest absolute Gasteiger partial charge is 0.493 e. The maximum Gasteiger partial charge on any atom is 0.338 e. The predicted octanol–water partition coefficient (Wildman–Crippen LogP) is 7.20. The zero-order valence-electron chi connectivity index (χ0n) is 21.5. The van der Waals surface area contributed by atoms with E-state index in [9.17, 15) is 4.79 Å². The van der Waals surface area contributed by atoms with Crippen LogP contribution in [0.2, 0.25) is 0 Å². The summed E-state index contributed by atoms with van der Waals surface area (Å²) in [6.07, 6.45) is 4.38. The number of methoxy groups -OCH3 is 1.